The third-order valence-corrected chi connectivity index (χ3v) is 4.77. The summed E-state index contributed by atoms with van der Waals surface area (Å²) in [6.07, 6.45) is 3.90. The van der Waals surface area contributed by atoms with Crippen molar-refractivity contribution in [1.29, 1.82) is 0 Å². The number of nitrogens with zero attached hydrogens (tertiary/aromatic N) is 3. The van der Waals surface area contributed by atoms with Crippen LogP contribution in [0.3, 0.4) is 0 Å². The Labute approximate surface area is 101 Å². The summed E-state index contributed by atoms with van der Waals surface area (Å²) >= 11 is 0. The smallest absolute Gasteiger partial charge is 0.152 e. The van der Waals surface area contributed by atoms with Crippen molar-refractivity contribution in [2.45, 2.75) is 19.0 Å². The van der Waals surface area contributed by atoms with Gasteiger partial charge in [0.25, 0.3) is 0 Å². The lowest BCUT2D eigenvalue weighted by Crippen LogP contribution is -2.33. The predicted octanol–water partition coefficient (Wildman–Crippen LogP) is -0.441. The lowest BCUT2D eigenvalue weighted by Gasteiger charge is -2.23. The molecule has 0 aliphatic carbocycles. The van der Waals surface area contributed by atoms with Crippen LogP contribution in [0.15, 0.2) is 12.4 Å². The second kappa shape index (κ2) is 4.58. The summed E-state index contributed by atoms with van der Waals surface area (Å²) in [4.78, 5) is 10.3. The van der Waals surface area contributed by atoms with Crippen LogP contribution < -0.4 is 10.6 Å². The zero-order chi connectivity index (χ0) is 12.5. The van der Waals surface area contributed by atoms with E-state index >= 15 is 0 Å². The first-order chi connectivity index (χ1) is 8.02. The van der Waals surface area contributed by atoms with E-state index < -0.39 is 9.84 Å². The highest BCUT2D eigenvalue weighted by molar-refractivity contribution is 7.91. The zero-order valence-corrected chi connectivity index (χ0v) is 10.5. The molecule has 1 aliphatic rings. The molecule has 0 aromatic carbocycles. The van der Waals surface area contributed by atoms with Gasteiger partial charge in [0.1, 0.15) is 5.82 Å². The van der Waals surface area contributed by atoms with Crippen molar-refractivity contribution in [2.75, 3.05) is 23.5 Å². The Morgan fingerprint density at radius 1 is 1.47 bits per heavy atom. The molecule has 1 unspecified atom stereocenters. The molecule has 0 spiro atoms. The Morgan fingerprint density at radius 3 is 2.71 bits per heavy atom. The van der Waals surface area contributed by atoms with Gasteiger partial charge in [-0.2, -0.15) is 0 Å². The molecule has 1 saturated heterocycles. The lowest BCUT2D eigenvalue weighted by atomic mass is 10.2. The fourth-order valence-corrected chi connectivity index (χ4v) is 3.68. The van der Waals surface area contributed by atoms with Gasteiger partial charge in [-0.1, -0.05) is 0 Å². The van der Waals surface area contributed by atoms with Gasteiger partial charge in [0.15, 0.2) is 9.84 Å². The van der Waals surface area contributed by atoms with E-state index in [0.29, 0.717) is 18.8 Å². The fraction of sp³-hybridized carbons (Fsp3) is 0.600. The molecule has 2 heterocycles. The average molecular weight is 256 g/mol. The Bertz CT molecular complexity index is 486. The van der Waals surface area contributed by atoms with Gasteiger partial charge in [0.05, 0.1) is 29.6 Å². The maximum atomic E-state index is 11.4. The molecular formula is C10H16N4O2S. The van der Waals surface area contributed by atoms with Gasteiger partial charge < -0.3 is 10.6 Å². The van der Waals surface area contributed by atoms with Gasteiger partial charge >= 0.3 is 0 Å². The van der Waals surface area contributed by atoms with Crippen molar-refractivity contribution in [1.82, 2.24) is 9.97 Å². The monoisotopic (exact) mass is 256 g/mol. The standard InChI is InChI=1S/C10H16N4O2S/c1-14(9-2-3-17(15,16)7-9)10-6-12-8(4-11)5-13-10/h5-6,9H,2-4,7,11H2,1H3. The van der Waals surface area contributed by atoms with Crippen LogP contribution in [0.5, 0.6) is 0 Å². The number of hydrogen-bond acceptors (Lipinski definition) is 6. The van der Waals surface area contributed by atoms with Crippen LogP contribution in [0.25, 0.3) is 0 Å². The summed E-state index contributed by atoms with van der Waals surface area (Å²) in [6.45, 7) is 0.356. The van der Waals surface area contributed by atoms with E-state index in [1.807, 2.05) is 11.9 Å². The second-order valence-electron chi connectivity index (χ2n) is 4.24. The Kier molecular flexibility index (Phi) is 3.30. The van der Waals surface area contributed by atoms with E-state index in [-0.39, 0.29) is 17.5 Å². The van der Waals surface area contributed by atoms with Crippen LogP contribution in [-0.2, 0) is 16.4 Å². The molecule has 1 atom stereocenters. The fourth-order valence-electron chi connectivity index (χ4n) is 1.90. The normalized spacial score (nSPS) is 22.6. The highest BCUT2D eigenvalue weighted by atomic mass is 32.2. The van der Waals surface area contributed by atoms with Crippen molar-refractivity contribution in [3.63, 3.8) is 0 Å². The molecule has 2 N–H and O–H groups in total. The maximum Gasteiger partial charge on any atom is 0.152 e. The van der Waals surface area contributed by atoms with E-state index in [0.717, 1.165) is 5.69 Å². The van der Waals surface area contributed by atoms with E-state index in [1.54, 1.807) is 12.4 Å². The first kappa shape index (κ1) is 12.3. The molecule has 7 heteroatoms. The van der Waals surface area contributed by atoms with Gasteiger partial charge in [-0.15, -0.1) is 0 Å². The molecule has 1 aliphatic heterocycles. The number of nitrogens with two attached hydrogens (primary N) is 1. The number of hydrogen-bond donors (Lipinski definition) is 1. The van der Waals surface area contributed by atoms with Crippen LogP contribution >= 0.6 is 0 Å². The Hall–Kier alpha value is -1.21. The number of rotatable bonds is 3. The Balaban J connectivity index is 2.11. The van der Waals surface area contributed by atoms with Gasteiger partial charge in [0, 0.05) is 19.6 Å². The average Bonchev–Trinajstić information content (AvgIpc) is 2.69. The Morgan fingerprint density at radius 2 is 2.24 bits per heavy atom. The van der Waals surface area contributed by atoms with Gasteiger partial charge in [-0.3, -0.25) is 4.98 Å². The molecule has 6 nitrogen and oxygen atoms in total. The van der Waals surface area contributed by atoms with E-state index in [2.05, 4.69) is 9.97 Å². The highest BCUT2D eigenvalue weighted by Crippen LogP contribution is 2.20. The molecule has 0 bridgehead atoms. The first-order valence-corrected chi connectivity index (χ1v) is 7.28. The van der Waals surface area contributed by atoms with Crippen molar-refractivity contribution >= 4 is 15.7 Å². The van der Waals surface area contributed by atoms with Crippen LogP contribution in [-0.4, -0.2) is 43.0 Å². The molecule has 1 fully saturated rings. The van der Waals surface area contributed by atoms with Gasteiger partial charge in [-0.05, 0) is 6.42 Å². The topological polar surface area (TPSA) is 89.2 Å². The van der Waals surface area contributed by atoms with Crippen LogP contribution in [0, 0.1) is 0 Å². The molecule has 0 amide bonds. The minimum atomic E-state index is -2.87. The molecule has 2 rings (SSSR count). The largest absolute Gasteiger partial charge is 0.354 e. The third kappa shape index (κ3) is 2.73. The molecule has 94 valence electrons. The second-order valence-corrected chi connectivity index (χ2v) is 6.47. The molecule has 0 radical (unpaired) electrons. The molecular weight excluding hydrogens is 240 g/mol. The minimum absolute atomic E-state index is 0.00183. The van der Waals surface area contributed by atoms with Gasteiger partial charge in [-0.25, -0.2) is 13.4 Å². The summed E-state index contributed by atoms with van der Waals surface area (Å²) in [6, 6.07) is -0.00183. The van der Waals surface area contributed by atoms with E-state index in [1.165, 1.54) is 0 Å². The zero-order valence-electron chi connectivity index (χ0n) is 9.70. The number of anilines is 1. The van der Waals surface area contributed by atoms with Crippen LogP contribution in [0.2, 0.25) is 0 Å². The SMILES string of the molecule is CN(c1cnc(CN)cn1)C1CCS(=O)(=O)C1. The van der Waals surface area contributed by atoms with Crippen molar-refractivity contribution in [3.8, 4) is 0 Å². The van der Waals surface area contributed by atoms with Crippen LogP contribution in [0.4, 0.5) is 5.82 Å². The van der Waals surface area contributed by atoms with Crippen LogP contribution in [0.1, 0.15) is 12.1 Å². The third-order valence-electron chi connectivity index (χ3n) is 3.02. The van der Waals surface area contributed by atoms with Gasteiger partial charge in [0.2, 0.25) is 0 Å². The number of aromatic nitrogens is 2. The summed E-state index contributed by atoms with van der Waals surface area (Å²) in [5.41, 5.74) is 6.16. The summed E-state index contributed by atoms with van der Waals surface area (Å²) in [5, 5.41) is 0. The predicted molar refractivity (Wildman–Crippen MR) is 65.4 cm³/mol. The van der Waals surface area contributed by atoms with Crippen molar-refractivity contribution < 1.29 is 8.42 Å². The quantitative estimate of drug-likeness (QED) is 0.788. The number of sulfone groups is 1. The summed E-state index contributed by atoms with van der Waals surface area (Å²) < 4.78 is 22.8. The van der Waals surface area contributed by atoms with E-state index in [9.17, 15) is 8.42 Å². The molecule has 0 saturated carbocycles. The van der Waals surface area contributed by atoms with Crippen molar-refractivity contribution in [2.24, 2.45) is 5.73 Å². The van der Waals surface area contributed by atoms with E-state index in [4.69, 9.17) is 5.73 Å². The lowest BCUT2D eigenvalue weighted by molar-refractivity contribution is 0.600. The first-order valence-electron chi connectivity index (χ1n) is 5.46. The van der Waals surface area contributed by atoms with Crippen molar-refractivity contribution in [3.05, 3.63) is 18.1 Å². The summed E-state index contributed by atoms with van der Waals surface area (Å²) in [7, 11) is -1.03. The summed E-state index contributed by atoms with van der Waals surface area (Å²) in [5.74, 6) is 1.14. The molecule has 1 aromatic heterocycles. The molecule has 1 aromatic rings. The minimum Gasteiger partial charge on any atom is -0.354 e. The maximum absolute atomic E-state index is 11.4. The highest BCUT2D eigenvalue weighted by Gasteiger charge is 2.31. The molecule has 17 heavy (non-hydrogen) atoms.